The Morgan fingerprint density at radius 1 is 0.510 bits per heavy atom. The van der Waals surface area contributed by atoms with Gasteiger partial charge in [-0.05, 0) is 58.7 Å². The Bertz CT molecular complexity index is 2500. The van der Waals surface area contributed by atoms with Gasteiger partial charge in [0.05, 0.1) is 57.4 Å². The maximum Gasteiger partial charge on any atom is 0.212 e. The maximum atomic E-state index is 10.7. The molecule has 7 aromatic carbocycles. The second-order valence-electron chi connectivity index (χ2n) is 12.3. The fourth-order valence-electron chi connectivity index (χ4n) is 7.96. The summed E-state index contributed by atoms with van der Waals surface area (Å²) in [5, 5.41) is 12.9. The molecule has 0 bridgehead atoms. The van der Waals surface area contributed by atoms with Crippen LogP contribution in [0.3, 0.4) is 0 Å². The molecular weight excluding hydrogens is 597 g/mol. The van der Waals surface area contributed by atoms with Gasteiger partial charge in [-0.25, -0.2) is 4.85 Å². The summed E-state index contributed by atoms with van der Waals surface area (Å²) in [6.45, 7) is 8.26. The number of para-hydroxylation sites is 4. The second-order valence-corrected chi connectivity index (χ2v) is 12.3. The largest absolute Gasteiger partial charge is 0.319 e. The van der Waals surface area contributed by atoms with Crippen molar-refractivity contribution in [3.63, 3.8) is 0 Å². The molecule has 9 rings (SSSR count). The molecule has 0 unspecified atom stereocenters. The molecule has 4 heteroatoms. The smallest absolute Gasteiger partial charge is 0.212 e. The molecular formula is C45H28N4. The van der Waals surface area contributed by atoms with Gasteiger partial charge in [-0.1, -0.05) is 133 Å². The number of hydrogen-bond acceptors (Lipinski definition) is 2. The highest BCUT2D eigenvalue weighted by Gasteiger charge is 2.46. The minimum atomic E-state index is -0.620. The van der Waals surface area contributed by atoms with Gasteiger partial charge in [0, 0.05) is 10.8 Å². The lowest BCUT2D eigenvalue weighted by Gasteiger charge is -2.46. The lowest BCUT2D eigenvalue weighted by Crippen LogP contribution is -2.37. The minimum absolute atomic E-state index is 0.424. The second kappa shape index (κ2) is 11.1. The van der Waals surface area contributed by atoms with Crippen LogP contribution in [0, 0.1) is 17.9 Å². The summed E-state index contributed by atoms with van der Waals surface area (Å²) in [5.74, 6) is 0. The molecule has 0 atom stereocenters. The molecule has 49 heavy (non-hydrogen) atoms. The van der Waals surface area contributed by atoms with Gasteiger partial charge in [0.2, 0.25) is 5.69 Å². The molecule has 228 valence electrons. The molecule has 0 saturated carbocycles. The van der Waals surface area contributed by atoms with Crippen molar-refractivity contribution in [1.82, 2.24) is 4.57 Å². The highest BCUT2D eigenvalue weighted by molar-refractivity contribution is 6.10. The van der Waals surface area contributed by atoms with Gasteiger partial charge in [-0.2, -0.15) is 5.26 Å². The number of nitrogens with zero attached hydrogens (tertiary/aromatic N) is 4. The first-order valence-electron chi connectivity index (χ1n) is 16.3. The van der Waals surface area contributed by atoms with Crippen molar-refractivity contribution in [2.24, 2.45) is 0 Å². The number of aromatic nitrogens is 1. The zero-order valence-corrected chi connectivity index (χ0v) is 26.5. The topological polar surface area (TPSA) is 36.3 Å². The highest BCUT2D eigenvalue weighted by atomic mass is 15.2. The first-order chi connectivity index (χ1) is 24.3. The normalized spacial score (nSPS) is 13.0. The summed E-state index contributed by atoms with van der Waals surface area (Å²) in [6.07, 6.45) is 0. The first kappa shape index (κ1) is 28.4. The highest BCUT2D eigenvalue weighted by Crippen LogP contribution is 2.58. The van der Waals surface area contributed by atoms with Gasteiger partial charge in [0.1, 0.15) is 0 Å². The van der Waals surface area contributed by atoms with E-state index in [2.05, 4.69) is 154 Å². The van der Waals surface area contributed by atoms with Crippen LogP contribution in [0.4, 0.5) is 22.7 Å². The third kappa shape index (κ3) is 4.02. The predicted molar refractivity (Wildman–Crippen MR) is 198 cm³/mol. The fourth-order valence-corrected chi connectivity index (χ4v) is 7.96. The molecule has 0 aliphatic carbocycles. The van der Waals surface area contributed by atoms with Crippen LogP contribution in [0.25, 0.3) is 32.3 Å². The van der Waals surface area contributed by atoms with Gasteiger partial charge in [0.15, 0.2) is 0 Å². The van der Waals surface area contributed by atoms with Crippen molar-refractivity contribution in [2.45, 2.75) is 5.41 Å². The van der Waals surface area contributed by atoms with Crippen LogP contribution in [0.5, 0.6) is 0 Å². The Hall–Kier alpha value is -6.88. The van der Waals surface area contributed by atoms with Crippen molar-refractivity contribution in [1.29, 1.82) is 5.26 Å². The van der Waals surface area contributed by atoms with E-state index < -0.39 is 5.41 Å². The summed E-state index contributed by atoms with van der Waals surface area (Å²) in [5.41, 5.74) is 10.2. The third-order valence-corrected chi connectivity index (χ3v) is 9.91. The van der Waals surface area contributed by atoms with Gasteiger partial charge >= 0.3 is 0 Å². The Morgan fingerprint density at radius 2 is 0.980 bits per heavy atom. The molecule has 0 amide bonds. The van der Waals surface area contributed by atoms with Crippen LogP contribution in [-0.2, 0) is 5.41 Å². The minimum Gasteiger partial charge on any atom is -0.319 e. The van der Waals surface area contributed by atoms with E-state index in [1.165, 1.54) is 0 Å². The molecule has 2 heterocycles. The Labute approximate surface area is 284 Å². The van der Waals surface area contributed by atoms with E-state index in [0.29, 0.717) is 11.3 Å². The van der Waals surface area contributed by atoms with Crippen LogP contribution in [0.1, 0.15) is 27.8 Å². The standard InChI is InChI=1S/C45H28N4/c1-47-38-28-31(30-46)43(29-44(38)48-39-24-12-8-20-34(39)35-21-9-13-25-40(35)48)49-41-26-14-10-22-36(41)45(32-16-4-2-5-17-32,33-18-6-3-7-19-33)37-23-11-15-27-42(37)49/h2-29H. The Balaban J connectivity index is 1.39. The van der Waals surface area contributed by atoms with Gasteiger partial charge in [-0.3, -0.25) is 0 Å². The van der Waals surface area contributed by atoms with Crippen LogP contribution >= 0.6 is 0 Å². The number of hydrogen-bond donors (Lipinski definition) is 0. The summed E-state index contributed by atoms with van der Waals surface area (Å²) in [7, 11) is 0. The van der Waals surface area contributed by atoms with E-state index in [9.17, 15) is 5.26 Å². The number of fused-ring (bicyclic) bond motifs is 5. The molecule has 0 saturated heterocycles. The van der Waals surface area contributed by atoms with Gasteiger partial charge in [-0.15, -0.1) is 0 Å². The lowest BCUT2D eigenvalue weighted by atomic mass is 9.62. The van der Waals surface area contributed by atoms with Crippen molar-refractivity contribution in [3.05, 3.63) is 209 Å². The first-order valence-corrected chi connectivity index (χ1v) is 16.3. The molecule has 0 N–H and O–H groups in total. The summed E-state index contributed by atoms with van der Waals surface area (Å²) in [4.78, 5) is 6.21. The van der Waals surface area contributed by atoms with Crippen LogP contribution in [0.15, 0.2) is 170 Å². The number of benzene rings is 7. The Kier molecular flexibility index (Phi) is 6.44. The Morgan fingerprint density at radius 3 is 1.49 bits per heavy atom. The maximum absolute atomic E-state index is 10.7. The summed E-state index contributed by atoms with van der Waals surface area (Å²) in [6, 6.07) is 61.3. The van der Waals surface area contributed by atoms with Gasteiger partial charge in [0.25, 0.3) is 0 Å². The number of nitriles is 1. The van der Waals surface area contributed by atoms with E-state index in [1.807, 2.05) is 30.3 Å². The van der Waals surface area contributed by atoms with E-state index in [-0.39, 0.29) is 0 Å². The molecule has 0 radical (unpaired) electrons. The van der Waals surface area contributed by atoms with Crippen LogP contribution in [0.2, 0.25) is 0 Å². The molecule has 1 aliphatic heterocycles. The van der Waals surface area contributed by atoms with Crippen molar-refractivity contribution in [3.8, 4) is 11.8 Å². The molecule has 0 fully saturated rings. The zero-order chi connectivity index (χ0) is 33.0. The van der Waals surface area contributed by atoms with Crippen molar-refractivity contribution in [2.75, 3.05) is 4.90 Å². The van der Waals surface area contributed by atoms with Crippen LogP contribution in [-0.4, -0.2) is 4.57 Å². The number of rotatable bonds is 4. The van der Waals surface area contributed by atoms with Crippen LogP contribution < -0.4 is 4.90 Å². The molecule has 1 aromatic heterocycles. The van der Waals surface area contributed by atoms with Gasteiger partial charge < -0.3 is 9.47 Å². The molecule has 1 aliphatic rings. The van der Waals surface area contributed by atoms with Crippen molar-refractivity contribution < 1.29 is 0 Å². The monoisotopic (exact) mass is 624 g/mol. The molecule has 8 aromatic rings. The average molecular weight is 625 g/mol. The third-order valence-electron chi connectivity index (χ3n) is 9.91. The predicted octanol–water partition coefficient (Wildman–Crippen LogP) is 11.4. The van der Waals surface area contributed by atoms with E-state index in [1.54, 1.807) is 6.07 Å². The fraction of sp³-hybridized carbons (Fsp3) is 0.0222. The summed E-state index contributed by atoms with van der Waals surface area (Å²) < 4.78 is 2.17. The quantitative estimate of drug-likeness (QED) is 0.183. The zero-order valence-electron chi connectivity index (χ0n) is 26.5. The van der Waals surface area contributed by atoms with E-state index >= 15 is 0 Å². The average Bonchev–Trinajstić information content (AvgIpc) is 3.51. The van der Waals surface area contributed by atoms with E-state index in [0.717, 1.165) is 66.8 Å². The number of anilines is 3. The van der Waals surface area contributed by atoms with Crippen molar-refractivity contribution >= 4 is 44.6 Å². The molecule has 0 spiro atoms. The lowest BCUT2D eigenvalue weighted by molar-refractivity contribution is 0.731. The molecule has 4 nitrogen and oxygen atoms in total. The summed E-state index contributed by atoms with van der Waals surface area (Å²) >= 11 is 0. The van der Waals surface area contributed by atoms with E-state index in [4.69, 9.17) is 6.57 Å². The SMILES string of the molecule is [C-]#[N+]c1cc(C#N)c(N2c3ccccc3C(c3ccccc3)(c3ccccc3)c3ccccc32)cc1-n1c2ccccc2c2ccccc21.